The predicted molar refractivity (Wildman–Crippen MR) is 120 cm³/mol. The Morgan fingerprint density at radius 3 is 0.964 bits per heavy atom. The lowest BCUT2D eigenvalue weighted by molar-refractivity contribution is -0.926. The van der Waals surface area contributed by atoms with Gasteiger partial charge in [-0.1, -0.05) is 27.7 Å². The van der Waals surface area contributed by atoms with Crippen molar-refractivity contribution in [3.8, 4) is 0 Å². The Kier molecular flexibility index (Phi) is 23.2. The number of hydrogen-bond acceptors (Lipinski definition) is 0. The first-order valence-electron chi connectivity index (χ1n) is 12.0. The minimum atomic E-state index is 0. The minimum Gasteiger partial charge on any atom is -1.00 e. The lowest BCUT2D eigenvalue weighted by atomic mass is 10.1. The van der Waals surface area contributed by atoms with E-state index in [9.17, 15) is 0 Å². The summed E-state index contributed by atoms with van der Waals surface area (Å²) in [5.41, 5.74) is 0. The van der Waals surface area contributed by atoms with Crippen LogP contribution in [0.25, 0.3) is 0 Å². The zero-order chi connectivity index (χ0) is 20.1. The number of unbranched alkanes of at least 4 members (excludes halogenated alkanes) is 3. The molecule has 0 unspecified atom stereocenters. The van der Waals surface area contributed by atoms with Crippen molar-refractivity contribution in [3.63, 3.8) is 0 Å². The van der Waals surface area contributed by atoms with Gasteiger partial charge in [-0.25, -0.2) is 0 Å². The third-order valence-electron chi connectivity index (χ3n) is 7.06. The highest BCUT2D eigenvalue weighted by Gasteiger charge is 2.24. The Labute approximate surface area is 213 Å². The summed E-state index contributed by atoms with van der Waals surface area (Å²) in [4.78, 5) is 0. The highest BCUT2D eigenvalue weighted by Crippen LogP contribution is 2.17. The van der Waals surface area contributed by atoms with Gasteiger partial charge in [0.05, 0.1) is 52.4 Å². The summed E-state index contributed by atoms with van der Waals surface area (Å²) in [7, 11) is 0. The molecule has 28 heavy (non-hydrogen) atoms. The molecule has 0 fully saturated rings. The molecule has 0 heterocycles. The van der Waals surface area contributed by atoms with Crippen LogP contribution in [-0.2, 0) is 0 Å². The van der Waals surface area contributed by atoms with Gasteiger partial charge in [0.2, 0.25) is 0 Å². The molecule has 0 bridgehead atoms. The molecule has 0 N–H and O–H groups in total. The summed E-state index contributed by atoms with van der Waals surface area (Å²) in [6, 6.07) is 0. The largest absolute Gasteiger partial charge is 1.00 e. The molecule has 0 aliphatic carbocycles. The average molecular weight is 625 g/mol. The zero-order valence-electron chi connectivity index (χ0n) is 20.7. The van der Waals surface area contributed by atoms with Gasteiger partial charge in [0.25, 0.3) is 0 Å². The molecule has 0 rings (SSSR count). The van der Waals surface area contributed by atoms with Crippen molar-refractivity contribution in [1.82, 2.24) is 0 Å². The SMILES string of the molecule is CC[N+](CC)(CCCCCC[N+](CC)(CC)CCC(C)C)CCC(C)C.[I-].[I-]. The molecule has 0 spiro atoms. The van der Waals surface area contributed by atoms with Crippen LogP contribution in [0.2, 0.25) is 0 Å². The number of rotatable bonds is 17. The number of quaternary nitrogens is 2. The quantitative estimate of drug-likeness (QED) is 0.125. The van der Waals surface area contributed by atoms with Crippen LogP contribution in [0.4, 0.5) is 0 Å². The van der Waals surface area contributed by atoms with Crippen LogP contribution in [-0.4, -0.2) is 61.3 Å². The van der Waals surface area contributed by atoms with Gasteiger partial charge in [0, 0.05) is 0 Å². The Balaban J connectivity index is -0.00000312. The molecular weight excluding hydrogens is 570 g/mol. The first-order valence-corrected chi connectivity index (χ1v) is 12.0. The van der Waals surface area contributed by atoms with E-state index >= 15 is 0 Å². The molecule has 0 aliphatic rings. The molecule has 0 aromatic heterocycles. The van der Waals surface area contributed by atoms with Gasteiger partial charge in [-0.3, -0.25) is 0 Å². The third-order valence-corrected chi connectivity index (χ3v) is 7.06. The summed E-state index contributed by atoms with van der Waals surface area (Å²) in [6.45, 7) is 29.8. The van der Waals surface area contributed by atoms with Crippen LogP contribution in [0.1, 0.15) is 93.9 Å². The van der Waals surface area contributed by atoms with E-state index in [-0.39, 0.29) is 48.0 Å². The van der Waals surface area contributed by atoms with Gasteiger partial charge in [-0.15, -0.1) is 0 Å². The summed E-state index contributed by atoms with van der Waals surface area (Å²) < 4.78 is 2.69. The normalized spacial score (nSPS) is 12.2. The first-order chi connectivity index (χ1) is 12.3. The highest BCUT2D eigenvalue weighted by atomic mass is 127. The van der Waals surface area contributed by atoms with Crippen molar-refractivity contribution in [1.29, 1.82) is 0 Å². The van der Waals surface area contributed by atoms with Gasteiger partial charge in [0.15, 0.2) is 0 Å². The Morgan fingerprint density at radius 2 is 0.750 bits per heavy atom. The van der Waals surface area contributed by atoms with Crippen LogP contribution in [0.15, 0.2) is 0 Å². The third kappa shape index (κ3) is 14.4. The maximum absolute atomic E-state index is 2.40. The van der Waals surface area contributed by atoms with Crippen molar-refractivity contribution in [2.75, 3.05) is 52.4 Å². The summed E-state index contributed by atoms with van der Waals surface area (Å²) >= 11 is 0. The lowest BCUT2D eigenvalue weighted by Gasteiger charge is -2.38. The predicted octanol–water partition coefficient (Wildman–Crippen LogP) is 0.360. The van der Waals surface area contributed by atoms with Crippen molar-refractivity contribution in [2.24, 2.45) is 11.8 Å². The van der Waals surface area contributed by atoms with Crippen LogP contribution in [0.3, 0.4) is 0 Å². The number of nitrogens with zero attached hydrogens (tertiary/aromatic N) is 2. The molecule has 174 valence electrons. The fraction of sp³-hybridized carbons (Fsp3) is 1.00. The van der Waals surface area contributed by atoms with Crippen LogP contribution < -0.4 is 48.0 Å². The van der Waals surface area contributed by atoms with Crippen LogP contribution >= 0.6 is 0 Å². The van der Waals surface area contributed by atoms with Crippen LogP contribution in [0, 0.1) is 11.8 Å². The first kappa shape index (κ1) is 34.0. The topological polar surface area (TPSA) is 0 Å². The van der Waals surface area contributed by atoms with Crippen molar-refractivity contribution in [2.45, 2.75) is 93.9 Å². The smallest absolute Gasteiger partial charge is 0.0788 e. The zero-order valence-corrected chi connectivity index (χ0v) is 25.0. The van der Waals surface area contributed by atoms with E-state index in [1.807, 2.05) is 0 Å². The Bertz CT molecular complexity index is 293. The standard InChI is InChI=1S/C24H54N2.2HI/c1-9-25(10-2,21-17-23(5)6)19-15-13-14-16-20-26(11-3,12-4)22-18-24(7)8;;/h23-24H,9-22H2,1-8H3;2*1H/q+2;;/p-2. The molecule has 0 aromatic carbocycles. The van der Waals surface area contributed by atoms with E-state index in [1.54, 1.807) is 0 Å². The van der Waals surface area contributed by atoms with Crippen molar-refractivity contribution in [3.05, 3.63) is 0 Å². The van der Waals surface area contributed by atoms with E-state index in [2.05, 4.69) is 55.4 Å². The summed E-state index contributed by atoms with van der Waals surface area (Å²) in [5.74, 6) is 1.68. The molecule has 0 saturated carbocycles. The van der Waals surface area contributed by atoms with E-state index in [0.717, 1.165) is 11.8 Å². The molecular formula is C24H54I2N2. The molecule has 0 atom stereocenters. The highest BCUT2D eigenvalue weighted by molar-refractivity contribution is 4.52. The van der Waals surface area contributed by atoms with Crippen LogP contribution in [0.5, 0.6) is 0 Å². The van der Waals surface area contributed by atoms with E-state index in [0.29, 0.717) is 0 Å². The van der Waals surface area contributed by atoms with Gasteiger partial charge >= 0.3 is 0 Å². The second-order valence-corrected chi connectivity index (χ2v) is 9.62. The van der Waals surface area contributed by atoms with Crippen molar-refractivity contribution >= 4 is 0 Å². The fourth-order valence-electron chi connectivity index (χ4n) is 4.25. The van der Waals surface area contributed by atoms with Gasteiger partial charge in [-0.2, -0.15) is 0 Å². The second-order valence-electron chi connectivity index (χ2n) is 9.62. The maximum atomic E-state index is 2.40. The van der Waals surface area contributed by atoms with Gasteiger partial charge < -0.3 is 56.9 Å². The molecule has 0 saturated heterocycles. The average Bonchev–Trinajstić information content (AvgIpc) is 2.63. The maximum Gasteiger partial charge on any atom is 0.0788 e. The molecule has 0 aromatic rings. The molecule has 0 radical (unpaired) electrons. The Morgan fingerprint density at radius 1 is 0.464 bits per heavy atom. The molecule has 2 nitrogen and oxygen atoms in total. The monoisotopic (exact) mass is 624 g/mol. The van der Waals surface area contributed by atoms with Crippen molar-refractivity contribution < 1.29 is 56.9 Å². The summed E-state index contributed by atoms with van der Waals surface area (Å²) in [5, 5.41) is 0. The fourth-order valence-corrected chi connectivity index (χ4v) is 4.25. The minimum absolute atomic E-state index is 0. The number of hydrogen-bond donors (Lipinski definition) is 0. The molecule has 4 heteroatoms. The van der Waals surface area contributed by atoms with Gasteiger partial charge in [-0.05, 0) is 78.1 Å². The second kappa shape index (κ2) is 19.1. The Hall–Kier alpha value is 1.38. The molecule has 0 amide bonds. The van der Waals surface area contributed by atoms with E-state index in [1.165, 1.54) is 99.8 Å². The lowest BCUT2D eigenvalue weighted by Crippen LogP contribution is -3.00. The molecule has 0 aliphatic heterocycles. The van der Waals surface area contributed by atoms with E-state index in [4.69, 9.17) is 0 Å². The van der Waals surface area contributed by atoms with E-state index < -0.39 is 0 Å². The number of halogens is 2. The van der Waals surface area contributed by atoms with Gasteiger partial charge in [0.1, 0.15) is 0 Å². The summed E-state index contributed by atoms with van der Waals surface area (Å²) in [6.07, 6.45) is 8.46.